The molecule has 0 fully saturated rings. The van der Waals surface area contributed by atoms with Gasteiger partial charge in [-0.2, -0.15) is 5.10 Å². The van der Waals surface area contributed by atoms with Crippen molar-refractivity contribution in [2.75, 3.05) is 32.2 Å². The van der Waals surface area contributed by atoms with Crippen molar-refractivity contribution in [3.05, 3.63) is 40.6 Å². The minimum atomic E-state index is 0.297. The van der Waals surface area contributed by atoms with Crippen LogP contribution in [0.15, 0.2) is 30.6 Å². The van der Waals surface area contributed by atoms with E-state index in [-0.39, 0.29) is 0 Å². The molecule has 0 unspecified atom stereocenters. The molecule has 184 valence electrons. The zero-order valence-corrected chi connectivity index (χ0v) is 21.6. The molecule has 0 spiro atoms. The van der Waals surface area contributed by atoms with E-state index in [1.165, 1.54) is 0 Å². The molecule has 1 N–H and O–H groups in total. The summed E-state index contributed by atoms with van der Waals surface area (Å²) in [6.07, 6.45) is 3.50. The van der Waals surface area contributed by atoms with Gasteiger partial charge in [-0.1, -0.05) is 37.0 Å². The fraction of sp³-hybridized carbons (Fsp3) is 0.348. The first-order valence-electron chi connectivity index (χ1n) is 10.9. The molecule has 35 heavy (non-hydrogen) atoms. The molecule has 3 aromatic heterocycles. The van der Waals surface area contributed by atoms with Crippen molar-refractivity contribution in [3.63, 3.8) is 0 Å². The lowest BCUT2D eigenvalue weighted by Gasteiger charge is -2.28. The topological polar surface area (TPSA) is 103 Å². The number of nitrogens with zero attached hydrogens (tertiary/aromatic N) is 7. The van der Waals surface area contributed by atoms with Crippen molar-refractivity contribution in [2.24, 2.45) is 7.05 Å². The van der Waals surface area contributed by atoms with Crippen LogP contribution in [0.1, 0.15) is 13.8 Å². The minimum Gasteiger partial charge on any atom is -0.495 e. The molecule has 0 radical (unpaired) electrons. The van der Waals surface area contributed by atoms with Gasteiger partial charge in [0.15, 0.2) is 11.5 Å². The van der Waals surface area contributed by atoms with Gasteiger partial charge < -0.3 is 19.7 Å². The molecule has 0 saturated heterocycles. The quantitative estimate of drug-likeness (QED) is 0.349. The van der Waals surface area contributed by atoms with Crippen molar-refractivity contribution in [1.29, 1.82) is 0 Å². The largest absolute Gasteiger partial charge is 0.495 e. The average molecular weight is 517 g/mol. The molecular weight excluding hydrogens is 491 g/mol. The van der Waals surface area contributed by atoms with E-state index in [1.807, 2.05) is 30.3 Å². The number of pyridine rings is 1. The van der Waals surface area contributed by atoms with Crippen molar-refractivity contribution < 1.29 is 9.47 Å². The van der Waals surface area contributed by atoms with Crippen LogP contribution < -0.4 is 19.7 Å². The Balaban J connectivity index is 1.84. The molecule has 0 amide bonds. The summed E-state index contributed by atoms with van der Waals surface area (Å²) in [6, 6.07) is 5.60. The summed E-state index contributed by atoms with van der Waals surface area (Å²) in [6.45, 7) is 5.32. The highest BCUT2D eigenvalue weighted by atomic mass is 35.5. The minimum absolute atomic E-state index is 0.297. The van der Waals surface area contributed by atoms with E-state index in [1.54, 1.807) is 31.2 Å². The van der Waals surface area contributed by atoms with E-state index < -0.39 is 0 Å². The van der Waals surface area contributed by atoms with Gasteiger partial charge in [-0.05, 0) is 12.1 Å². The number of rotatable bonds is 9. The molecule has 10 nitrogen and oxygen atoms in total. The summed E-state index contributed by atoms with van der Waals surface area (Å²) in [5, 5.41) is 16.8. The summed E-state index contributed by atoms with van der Waals surface area (Å²) < 4.78 is 12.6. The molecule has 0 aliphatic heterocycles. The Morgan fingerprint density at radius 2 is 1.77 bits per heavy atom. The number of anilines is 2. The predicted molar refractivity (Wildman–Crippen MR) is 137 cm³/mol. The molecule has 0 aliphatic carbocycles. The van der Waals surface area contributed by atoms with Gasteiger partial charge in [0.1, 0.15) is 32.9 Å². The first-order valence-corrected chi connectivity index (χ1v) is 11.7. The number of methoxy groups -OCH3 is 2. The van der Waals surface area contributed by atoms with Crippen LogP contribution in [0.4, 0.5) is 11.5 Å². The maximum Gasteiger partial charge on any atom is 0.187 e. The highest BCUT2D eigenvalue weighted by Gasteiger charge is 2.24. The third-order valence-electron chi connectivity index (χ3n) is 5.25. The number of hydrogen-bond donors (Lipinski definition) is 1. The van der Waals surface area contributed by atoms with Crippen molar-refractivity contribution in [3.8, 4) is 22.9 Å². The number of aromatic nitrogens is 6. The summed E-state index contributed by atoms with van der Waals surface area (Å²) >= 11 is 13.5. The lowest BCUT2D eigenvalue weighted by Crippen LogP contribution is -2.33. The monoisotopic (exact) mass is 516 g/mol. The number of ether oxygens (including phenoxy) is 2. The van der Waals surface area contributed by atoms with Gasteiger partial charge in [0, 0.05) is 38.4 Å². The Bertz CT molecular complexity index is 1320. The number of hydrogen-bond acceptors (Lipinski definition) is 9. The first-order chi connectivity index (χ1) is 16.8. The molecule has 12 heteroatoms. The van der Waals surface area contributed by atoms with Crippen molar-refractivity contribution in [2.45, 2.75) is 19.9 Å². The van der Waals surface area contributed by atoms with Crippen molar-refractivity contribution >= 4 is 45.9 Å². The second kappa shape index (κ2) is 10.6. The highest BCUT2D eigenvalue weighted by Crippen LogP contribution is 2.47. The Morgan fingerprint density at radius 1 is 1.06 bits per heavy atom. The van der Waals surface area contributed by atoms with Crippen molar-refractivity contribution in [1.82, 2.24) is 35.3 Å². The number of halogens is 2. The van der Waals surface area contributed by atoms with E-state index in [9.17, 15) is 0 Å². The number of benzene rings is 1. The number of nitrogens with one attached hydrogen (secondary N) is 1. The van der Waals surface area contributed by atoms with Gasteiger partial charge in [-0.3, -0.25) is 4.68 Å². The molecule has 0 saturated carbocycles. The molecule has 4 aromatic rings. The fourth-order valence-corrected chi connectivity index (χ4v) is 4.24. The maximum absolute atomic E-state index is 6.75. The van der Waals surface area contributed by atoms with E-state index >= 15 is 0 Å². The smallest absolute Gasteiger partial charge is 0.187 e. The SMILES string of the molecule is COc1cc(OC)c(Cl)c(N(CCNC(C)C)c2ccc3nnc(-c4cnn(C)c4)nc3n2)c1Cl. The predicted octanol–water partition coefficient (Wildman–Crippen LogP) is 4.28. The summed E-state index contributed by atoms with van der Waals surface area (Å²) in [7, 11) is 4.91. The molecule has 3 heterocycles. The summed E-state index contributed by atoms with van der Waals surface area (Å²) in [5.74, 6) is 1.89. The summed E-state index contributed by atoms with van der Waals surface area (Å²) in [5.41, 5.74) is 2.26. The van der Waals surface area contributed by atoms with Crippen LogP contribution in [0.3, 0.4) is 0 Å². The number of fused-ring (bicyclic) bond motifs is 1. The van der Waals surface area contributed by atoms with E-state index in [4.69, 9.17) is 37.7 Å². The zero-order valence-electron chi connectivity index (χ0n) is 20.1. The van der Waals surface area contributed by atoms with Crippen LogP contribution >= 0.6 is 23.2 Å². The third-order valence-corrected chi connectivity index (χ3v) is 5.98. The number of aryl methyl sites for hydroxylation is 1. The lowest BCUT2D eigenvalue weighted by atomic mass is 10.2. The molecular formula is C23H26Cl2N8O2. The van der Waals surface area contributed by atoms with Gasteiger partial charge in [0.05, 0.1) is 31.7 Å². The third kappa shape index (κ3) is 5.24. The van der Waals surface area contributed by atoms with E-state index in [2.05, 4.69) is 39.4 Å². The van der Waals surface area contributed by atoms with Crippen LogP contribution in [0.25, 0.3) is 22.6 Å². The highest BCUT2D eigenvalue weighted by molar-refractivity contribution is 6.41. The van der Waals surface area contributed by atoms with Crippen LogP contribution in [0, 0.1) is 0 Å². The first kappa shape index (κ1) is 24.9. The van der Waals surface area contributed by atoms with Gasteiger partial charge in [-0.15, -0.1) is 10.2 Å². The molecule has 4 rings (SSSR count). The summed E-state index contributed by atoms with van der Waals surface area (Å²) in [4.78, 5) is 11.3. The Kier molecular flexibility index (Phi) is 7.54. The van der Waals surface area contributed by atoms with Gasteiger partial charge in [0.2, 0.25) is 0 Å². The normalized spacial score (nSPS) is 11.3. The van der Waals surface area contributed by atoms with Crippen LogP contribution in [-0.4, -0.2) is 63.3 Å². The average Bonchev–Trinajstić information content (AvgIpc) is 3.28. The van der Waals surface area contributed by atoms with Gasteiger partial charge >= 0.3 is 0 Å². The second-order valence-corrected chi connectivity index (χ2v) is 8.82. The van der Waals surface area contributed by atoms with E-state index in [0.717, 1.165) is 5.56 Å². The van der Waals surface area contributed by atoms with Crippen LogP contribution in [0.5, 0.6) is 11.5 Å². The van der Waals surface area contributed by atoms with Gasteiger partial charge in [0.25, 0.3) is 0 Å². The molecule has 0 aliphatic rings. The van der Waals surface area contributed by atoms with Crippen LogP contribution in [-0.2, 0) is 7.05 Å². The second-order valence-electron chi connectivity index (χ2n) is 8.07. The maximum atomic E-state index is 6.75. The lowest BCUT2D eigenvalue weighted by molar-refractivity contribution is 0.394. The zero-order chi connectivity index (χ0) is 25.1. The molecule has 0 bridgehead atoms. The standard InChI is InChI=1S/C23H26Cl2N8O2/c1-13(2)26-8-9-33(21-19(24)16(34-4)10-17(35-5)20(21)25)18-7-6-15-23(28-18)29-22(31-30-15)14-11-27-32(3)12-14/h6-7,10-13,26H,8-9H2,1-5H3. The van der Waals surface area contributed by atoms with Gasteiger partial charge in [-0.25, -0.2) is 9.97 Å². The Hall–Kier alpha value is -3.21. The van der Waals surface area contributed by atoms with Crippen LogP contribution in [0.2, 0.25) is 10.0 Å². The van der Waals surface area contributed by atoms with E-state index in [0.29, 0.717) is 69.2 Å². The Morgan fingerprint density at radius 3 is 2.37 bits per heavy atom. The fourth-order valence-electron chi connectivity index (χ4n) is 3.54. The Labute approximate surface area is 213 Å². The molecule has 0 atom stereocenters. The molecule has 1 aromatic carbocycles.